The highest BCUT2D eigenvalue weighted by Gasteiger charge is 2.15. The van der Waals surface area contributed by atoms with Gasteiger partial charge in [-0.3, -0.25) is 0 Å². The summed E-state index contributed by atoms with van der Waals surface area (Å²) in [6.07, 6.45) is 0. The second-order valence-corrected chi connectivity index (χ2v) is 5.06. The number of halogens is 3. The van der Waals surface area contributed by atoms with E-state index in [4.69, 9.17) is 5.11 Å². The van der Waals surface area contributed by atoms with E-state index in [0.717, 1.165) is 22.2 Å². The molecule has 0 unspecified atom stereocenters. The Morgan fingerprint density at radius 3 is 2.30 bits per heavy atom. The first-order chi connectivity index (χ1) is 9.38. The number of carboxylic acid groups (broad SMARTS) is 1. The van der Waals surface area contributed by atoms with Crippen molar-refractivity contribution in [1.82, 2.24) is 0 Å². The number of hydrogen-bond donors (Lipinski definition) is 2. The third-order valence-corrected chi connectivity index (χ3v) is 3.61. The summed E-state index contributed by atoms with van der Waals surface area (Å²) in [5, 5.41) is 11.3. The molecule has 0 aromatic heterocycles. The smallest absolute Gasteiger partial charge is 0.335 e. The first kappa shape index (κ1) is 14.5. The molecule has 20 heavy (non-hydrogen) atoms. The van der Waals surface area contributed by atoms with Crippen molar-refractivity contribution in [2.75, 3.05) is 5.32 Å². The molecular formula is C14H10BrF2NO2. The number of nitrogens with one attached hydrogen (secondary N) is 1. The summed E-state index contributed by atoms with van der Waals surface area (Å²) in [5.41, 5.74) is 0.596. The lowest BCUT2D eigenvalue weighted by molar-refractivity contribution is 0.0696. The van der Waals surface area contributed by atoms with Crippen LogP contribution in [0.4, 0.5) is 20.2 Å². The van der Waals surface area contributed by atoms with Gasteiger partial charge in [-0.15, -0.1) is 0 Å². The molecule has 0 fully saturated rings. The molecule has 0 saturated carbocycles. The first-order valence-electron chi connectivity index (χ1n) is 5.64. The zero-order chi connectivity index (χ0) is 14.9. The Bertz CT molecular complexity index is 666. The molecular weight excluding hydrogens is 332 g/mol. The van der Waals surface area contributed by atoms with E-state index in [1.54, 1.807) is 18.2 Å². The SMILES string of the molecule is Cc1cc(Nc2c(F)cc(C(=O)O)cc2F)ccc1Br. The maximum atomic E-state index is 13.8. The van der Waals surface area contributed by atoms with E-state index in [1.165, 1.54) is 0 Å². The Morgan fingerprint density at radius 2 is 1.80 bits per heavy atom. The van der Waals surface area contributed by atoms with E-state index < -0.39 is 23.2 Å². The number of hydrogen-bond acceptors (Lipinski definition) is 2. The summed E-state index contributed by atoms with van der Waals surface area (Å²) in [4.78, 5) is 10.7. The van der Waals surface area contributed by atoms with Crippen molar-refractivity contribution in [1.29, 1.82) is 0 Å². The van der Waals surface area contributed by atoms with Crippen molar-refractivity contribution in [3.8, 4) is 0 Å². The van der Waals surface area contributed by atoms with Gasteiger partial charge in [-0.25, -0.2) is 13.6 Å². The van der Waals surface area contributed by atoms with Gasteiger partial charge in [0.1, 0.15) is 5.69 Å². The molecule has 0 spiro atoms. The van der Waals surface area contributed by atoms with Gasteiger partial charge in [-0.1, -0.05) is 15.9 Å². The van der Waals surface area contributed by atoms with Gasteiger partial charge in [0, 0.05) is 10.2 Å². The third kappa shape index (κ3) is 2.96. The van der Waals surface area contributed by atoms with E-state index in [2.05, 4.69) is 21.2 Å². The highest BCUT2D eigenvalue weighted by molar-refractivity contribution is 9.10. The topological polar surface area (TPSA) is 49.3 Å². The maximum absolute atomic E-state index is 13.8. The first-order valence-corrected chi connectivity index (χ1v) is 6.43. The van der Waals surface area contributed by atoms with Gasteiger partial charge >= 0.3 is 5.97 Å². The quantitative estimate of drug-likeness (QED) is 0.865. The fraction of sp³-hybridized carbons (Fsp3) is 0.0714. The summed E-state index contributed by atoms with van der Waals surface area (Å²) in [6.45, 7) is 1.84. The van der Waals surface area contributed by atoms with Crippen LogP contribution in [0.5, 0.6) is 0 Å². The van der Waals surface area contributed by atoms with Gasteiger partial charge in [0.15, 0.2) is 11.6 Å². The molecule has 0 bridgehead atoms. The van der Waals surface area contributed by atoms with Crippen LogP contribution in [0.15, 0.2) is 34.8 Å². The molecule has 0 atom stereocenters. The number of carbonyl (C=O) groups is 1. The minimum atomic E-state index is -1.38. The summed E-state index contributed by atoms with van der Waals surface area (Å²) in [5.74, 6) is -3.29. The van der Waals surface area contributed by atoms with Crippen molar-refractivity contribution in [2.45, 2.75) is 6.92 Å². The number of aromatic carboxylic acids is 1. The van der Waals surface area contributed by atoms with Crippen LogP contribution in [0.1, 0.15) is 15.9 Å². The predicted molar refractivity (Wildman–Crippen MR) is 75.5 cm³/mol. The Labute approximate surface area is 122 Å². The lowest BCUT2D eigenvalue weighted by Crippen LogP contribution is -2.03. The molecule has 0 aliphatic rings. The van der Waals surface area contributed by atoms with Crippen LogP contribution in [0, 0.1) is 18.6 Å². The Kier molecular flexibility index (Phi) is 4.04. The Morgan fingerprint density at radius 1 is 1.20 bits per heavy atom. The molecule has 0 aliphatic carbocycles. The largest absolute Gasteiger partial charge is 0.478 e. The van der Waals surface area contributed by atoms with Crippen LogP contribution in [0.2, 0.25) is 0 Å². The number of aryl methyl sites for hydroxylation is 1. The molecule has 2 aromatic carbocycles. The van der Waals surface area contributed by atoms with E-state index in [0.29, 0.717) is 5.69 Å². The molecule has 104 valence electrons. The molecule has 2 aromatic rings. The minimum Gasteiger partial charge on any atom is -0.478 e. The monoisotopic (exact) mass is 341 g/mol. The number of anilines is 2. The van der Waals surface area contributed by atoms with Gasteiger partial charge < -0.3 is 10.4 Å². The fourth-order valence-corrected chi connectivity index (χ4v) is 1.93. The molecule has 0 saturated heterocycles. The number of rotatable bonds is 3. The molecule has 0 radical (unpaired) electrons. The molecule has 6 heteroatoms. The maximum Gasteiger partial charge on any atom is 0.335 e. The van der Waals surface area contributed by atoms with Gasteiger partial charge in [-0.05, 0) is 42.8 Å². The van der Waals surface area contributed by atoms with Gasteiger partial charge in [0.05, 0.1) is 5.56 Å². The standard InChI is InChI=1S/C14H10BrF2NO2/c1-7-4-9(2-3-10(7)15)18-13-11(16)5-8(14(19)20)6-12(13)17/h2-6,18H,1H3,(H,19,20). The van der Waals surface area contributed by atoms with Crippen LogP contribution in [-0.4, -0.2) is 11.1 Å². The van der Waals surface area contributed by atoms with Crippen LogP contribution < -0.4 is 5.32 Å². The van der Waals surface area contributed by atoms with E-state index >= 15 is 0 Å². The molecule has 0 heterocycles. The van der Waals surface area contributed by atoms with Crippen molar-refractivity contribution in [3.05, 3.63) is 57.6 Å². The summed E-state index contributed by atoms with van der Waals surface area (Å²) >= 11 is 3.33. The van der Waals surface area contributed by atoms with Crippen LogP contribution in [0.3, 0.4) is 0 Å². The highest BCUT2D eigenvalue weighted by Crippen LogP contribution is 2.27. The number of benzene rings is 2. The van der Waals surface area contributed by atoms with Crippen molar-refractivity contribution in [3.63, 3.8) is 0 Å². The van der Waals surface area contributed by atoms with Crippen molar-refractivity contribution < 1.29 is 18.7 Å². The Hall–Kier alpha value is -1.95. The van der Waals surface area contributed by atoms with Crippen molar-refractivity contribution >= 4 is 33.3 Å². The summed E-state index contributed by atoms with van der Waals surface area (Å²) < 4.78 is 28.4. The predicted octanol–water partition coefficient (Wildman–Crippen LogP) is 4.48. The Balaban J connectivity index is 2.38. The van der Waals surface area contributed by atoms with Crippen LogP contribution in [-0.2, 0) is 0 Å². The lowest BCUT2D eigenvalue weighted by Gasteiger charge is -2.11. The summed E-state index contributed by atoms with van der Waals surface area (Å²) in [6, 6.07) is 6.67. The normalized spacial score (nSPS) is 10.4. The average Bonchev–Trinajstić information content (AvgIpc) is 2.37. The number of carboxylic acids is 1. The van der Waals surface area contributed by atoms with Gasteiger partial charge in [-0.2, -0.15) is 0 Å². The highest BCUT2D eigenvalue weighted by atomic mass is 79.9. The summed E-state index contributed by atoms with van der Waals surface area (Å²) in [7, 11) is 0. The minimum absolute atomic E-state index is 0.378. The third-order valence-electron chi connectivity index (χ3n) is 2.72. The van der Waals surface area contributed by atoms with E-state index in [9.17, 15) is 13.6 Å². The lowest BCUT2D eigenvalue weighted by atomic mass is 10.1. The average molecular weight is 342 g/mol. The van der Waals surface area contributed by atoms with Crippen molar-refractivity contribution in [2.24, 2.45) is 0 Å². The zero-order valence-corrected chi connectivity index (χ0v) is 12.0. The molecule has 3 nitrogen and oxygen atoms in total. The van der Waals surface area contributed by atoms with E-state index in [-0.39, 0.29) is 5.69 Å². The molecule has 0 amide bonds. The van der Waals surface area contributed by atoms with Gasteiger partial charge in [0.2, 0.25) is 0 Å². The molecule has 0 aliphatic heterocycles. The molecule has 2 N–H and O–H groups in total. The van der Waals surface area contributed by atoms with Crippen LogP contribution in [0.25, 0.3) is 0 Å². The molecule has 2 rings (SSSR count). The van der Waals surface area contributed by atoms with Gasteiger partial charge in [0.25, 0.3) is 0 Å². The fourth-order valence-electron chi connectivity index (χ4n) is 1.68. The second kappa shape index (κ2) is 5.58. The second-order valence-electron chi connectivity index (χ2n) is 4.21. The van der Waals surface area contributed by atoms with E-state index in [1.807, 2.05) is 6.92 Å². The van der Waals surface area contributed by atoms with Crippen LogP contribution >= 0.6 is 15.9 Å². The zero-order valence-electron chi connectivity index (χ0n) is 10.4.